The Morgan fingerprint density at radius 2 is 2.11 bits per heavy atom. The first-order chi connectivity index (χ1) is 8.71. The SMILES string of the molecule is CCCCC(CC)CC(O)c1cc(OC)ncn1. The first-order valence-corrected chi connectivity index (χ1v) is 6.75. The minimum atomic E-state index is -0.524. The van der Waals surface area contributed by atoms with Crippen LogP contribution >= 0.6 is 0 Å². The van der Waals surface area contributed by atoms with Gasteiger partial charge in [0.15, 0.2) is 0 Å². The van der Waals surface area contributed by atoms with Gasteiger partial charge < -0.3 is 9.84 Å². The second-order valence-electron chi connectivity index (χ2n) is 4.65. The monoisotopic (exact) mass is 252 g/mol. The number of aromatic nitrogens is 2. The van der Waals surface area contributed by atoms with Gasteiger partial charge in [0.25, 0.3) is 0 Å². The van der Waals surface area contributed by atoms with Crippen LogP contribution in [-0.4, -0.2) is 22.2 Å². The lowest BCUT2D eigenvalue weighted by Crippen LogP contribution is -2.09. The van der Waals surface area contributed by atoms with Crippen LogP contribution in [0.15, 0.2) is 12.4 Å². The Bertz CT molecular complexity index is 344. The molecule has 0 aromatic carbocycles. The molecule has 0 saturated carbocycles. The number of hydrogen-bond acceptors (Lipinski definition) is 4. The molecule has 102 valence electrons. The quantitative estimate of drug-likeness (QED) is 0.772. The fraction of sp³-hybridized carbons (Fsp3) is 0.714. The summed E-state index contributed by atoms with van der Waals surface area (Å²) in [5.74, 6) is 1.06. The van der Waals surface area contributed by atoms with Crippen molar-refractivity contribution in [3.8, 4) is 5.88 Å². The van der Waals surface area contributed by atoms with Crippen molar-refractivity contribution in [3.63, 3.8) is 0 Å². The molecule has 0 saturated heterocycles. The molecule has 0 aliphatic heterocycles. The highest BCUT2D eigenvalue weighted by Gasteiger charge is 2.16. The summed E-state index contributed by atoms with van der Waals surface area (Å²) in [4.78, 5) is 8.06. The van der Waals surface area contributed by atoms with E-state index in [2.05, 4.69) is 23.8 Å². The molecule has 0 aliphatic carbocycles. The average Bonchev–Trinajstić information content (AvgIpc) is 2.43. The van der Waals surface area contributed by atoms with Crippen LogP contribution in [0.2, 0.25) is 0 Å². The van der Waals surface area contributed by atoms with Crippen molar-refractivity contribution in [2.24, 2.45) is 5.92 Å². The molecular weight excluding hydrogens is 228 g/mol. The zero-order valence-corrected chi connectivity index (χ0v) is 11.6. The Morgan fingerprint density at radius 1 is 1.33 bits per heavy atom. The number of hydrogen-bond donors (Lipinski definition) is 1. The van der Waals surface area contributed by atoms with E-state index in [0.29, 0.717) is 17.5 Å². The molecule has 1 aromatic rings. The fourth-order valence-corrected chi connectivity index (χ4v) is 2.07. The van der Waals surface area contributed by atoms with Crippen LogP contribution in [0.3, 0.4) is 0 Å². The van der Waals surface area contributed by atoms with Crippen molar-refractivity contribution in [2.75, 3.05) is 7.11 Å². The summed E-state index contributed by atoms with van der Waals surface area (Å²) in [6.07, 6.45) is 6.36. The second kappa shape index (κ2) is 8.03. The minimum Gasteiger partial charge on any atom is -0.481 e. The third-order valence-corrected chi connectivity index (χ3v) is 3.31. The number of ether oxygens (including phenoxy) is 1. The second-order valence-corrected chi connectivity index (χ2v) is 4.65. The maximum Gasteiger partial charge on any atom is 0.216 e. The molecule has 0 radical (unpaired) electrons. The lowest BCUT2D eigenvalue weighted by Gasteiger charge is -2.18. The van der Waals surface area contributed by atoms with E-state index < -0.39 is 6.10 Å². The van der Waals surface area contributed by atoms with Crippen LogP contribution in [0.4, 0.5) is 0 Å². The standard InChI is InChI=1S/C14H24N2O2/c1-4-6-7-11(5-2)8-13(17)12-9-14(18-3)16-10-15-12/h9-11,13,17H,4-8H2,1-3H3. The van der Waals surface area contributed by atoms with Gasteiger partial charge in [0.2, 0.25) is 5.88 Å². The third-order valence-electron chi connectivity index (χ3n) is 3.31. The van der Waals surface area contributed by atoms with Crippen LogP contribution in [0, 0.1) is 5.92 Å². The number of aliphatic hydroxyl groups excluding tert-OH is 1. The number of rotatable bonds is 8. The van der Waals surface area contributed by atoms with Crippen LogP contribution in [0.5, 0.6) is 5.88 Å². The first kappa shape index (κ1) is 14.9. The van der Waals surface area contributed by atoms with E-state index in [1.807, 2.05) is 0 Å². The summed E-state index contributed by atoms with van der Waals surface area (Å²) in [6, 6.07) is 1.71. The lowest BCUT2D eigenvalue weighted by molar-refractivity contribution is 0.134. The molecule has 2 unspecified atom stereocenters. The Balaban J connectivity index is 2.59. The van der Waals surface area contributed by atoms with E-state index in [1.54, 1.807) is 13.2 Å². The molecule has 18 heavy (non-hydrogen) atoms. The molecule has 1 heterocycles. The van der Waals surface area contributed by atoms with E-state index in [9.17, 15) is 5.11 Å². The topological polar surface area (TPSA) is 55.2 Å². The van der Waals surface area contributed by atoms with Crippen molar-refractivity contribution in [1.82, 2.24) is 9.97 Å². The highest BCUT2D eigenvalue weighted by atomic mass is 16.5. The molecule has 0 amide bonds. The van der Waals surface area contributed by atoms with Gasteiger partial charge in [-0.1, -0.05) is 39.5 Å². The number of aliphatic hydroxyl groups is 1. The van der Waals surface area contributed by atoms with Gasteiger partial charge in [0.05, 0.1) is 18.9 Å². The van der Waals surface area contributed by atoms with Gasteiger partial charge in [-0.3, -0.25) is 0 Å². The normalized spacial score (nSPS) is 14.2. The fourth-order valence-electron chi connectivity index (χ4n) is 2.07. The molecule has 0 fully saturated rings. The van der Waals surface area contributed by atoms with Gasteiger partial charge in [-0.15, -0.1) is 0 Å². The van der Waals surface area contributed by atoms with Crippen LogP contribution in [0.1, 0.15) is 57.7 Å². The van der Waals surface area contributed by atoms with Gasteiger partial charge in [0.1, 0.15) is 6.33 Å². The van der Waals surface area contributed by atoms with Gasteiger partial charge in [-0.05, 0) is 12.3 Å². The molecule has 0 bridgehead atoms. The summed E-state index contributed by atoms with van der Waals surface area (Å²) >= 11 is 0. The molecule has 4 heteroatoms. The van der Waals surface area contributed by atoms with E-state index in [4.69, 9.17) is 4.74 Å². The van der Waals surface area contributed by atoms with Crippen molar-refractivity contribution in [2.45, 2.75) is 52.1 Å². The summed E-state index contributed by atoms with van der Waals surface area (Å²) in [6.45, 7) is 4.37. The summed E-state index contributed by atoms with van der Waals surface area (Å²) in [5, 5.41) is 10.2. The zero-order chi connectivity index (χ0) is 13.4. The van der Waals surface area contributed by atoms with Crippen LogP contribution in [-0.2, 0) is 0 Å². The molecular formula is C14H24N2O2. The first-order valence-electron chi connectivity index (χ1n) is 6.75. The zero-order valence-electron chi connectivity index (χ0n) is 11.6. The van der Waals surface area contributed by atoms with E-state index in [0.717, 1.165) is 12.8 Å². The van der Waals surface area contributed by atoms with E-state index in [-0.39, 0.29) is 0 Å². The lowest BCUT2D eigenvalue weighted by atomic mass is 9.92. The molecule has 2 atom stereocenters. The third kappa shape index (κ3) is 4.61. The molecule has 0 aliphatic rings. The minimum absolute atomic E-state index is 0.501. The Morgan fingerprint density at radius 3 is 2.72 bits per heavy atom. The highest BCUT2D eigenvalue weighted by molar-refractivity contribution is 5.15. The Hall–Kier alpha value is -1.16. The van der Waals surface area contributed by atoms with Crippen molar-refractivity contribution < 1.29 is 9.84 Å². The van der Waals surface area contributed by atoms with Crippen molar-refractivity contribution in [3.05, 3.63) is 18.1 Å². The van der Waals surface area contributed by atoms with Crippen LogP contribution in [0.25, 0.3) is 0 Å². The summed E-state index contributed by atoms with van der Waals surface area (Å²) < 4.78 is 5.04. The number of unbranched alkanes of at least 4 members (excludes halogenated alkanes) is 1. The number of nitrogens with zero attached hydrogens (tertiary/aromatic N) is 2. The van der Waals surface area contributed by atoms with Gasteiger partial charge >= 0.3 is 0 Å². The van der Waals surface area contributed by atoms with Crippen LogP contribution < -0.4 is 4.74 Å². The maximum absolute atomic E-state index is 10.2. The highest BCUT2D eigenvalue weighted by Crippen LogP contribution is 2.26. The van der Waals surface area contributed by atoms with Crippen molar-refractivity contribution in [1.29, 1.82) is 0 Å². The smallest absolute Gasteiger partial charge is 0.216 e. The summed E-state index contributed by atoms with van der Waals surface area (Å²) in [5.41, 5.74) is 0.650. The Kier molecular flexibility index (Phi) is 6.65. The van der Waals surface area contributed by atoms with Gasteiger partial charge in [-0.25, -0.2) is 9.97 Å². The van der Waals surface area contributed by atoms with E-state index in [1.165, 1.54) is 25.6 Å². The van der Waals surface area contributed by atoms with Crippen molar-refractivity contribution >= 4 is 0 Å². The summed E-state index contributed by atoms with van der Waals surface area (Å²) in [7, 11) is 1.56. The van der Waals surface area contributed by atoms with Gasteiger partial charge in [0, 0.05) is 6.07 Å². The molecule has 1 aromatic heterocycles. The Labute approximate surface area is 109 Å². The predicted molar refractivity (Wildman–Crippen MR) is 71.5 cm³/mol. The van der Waals surface area contributed by atoms with Gasteiger partial charge in [-0.2, -0.15) is 0 Å². The molecule has 1 N–H and O–H groups in total. The molecule has 4 nitrogen and oxygen atoms in total. The molecule has 1 rings (SSSR count). The average molecular weight is 252 g/mol. The maximum atomic E-state index is 10.2. The number of methoxy groups -OCH3 is 1. The largest absolute Gasteiger partial charge is 0.481 e. The predicted octanol–water partition coefficient (Wildman–Crippen LogP) is 3.13. The van der Waals surface area contributed by atoms with E-state index >= 15 is 0 Å². The molecule has 0 spiro atoms.